The van der Waals surface area contributed by atoms with Crippen molar-refractivity contribution in [1.82, 2.24) is 4.98 Å². The normalized spacial score (nSPS) is 26.5. The lowest BCUT2D eigenvalue weighted by molar-refractivity contribution is 0.394. The largest absolute Gasteiger partial charge is 0.384 e. The Hall–Kier alpha value is -0.700. The Morgan fingerprint density at radius 2 is 2.27 bits per heavy atom. The van der Waals surface area contributed by atoms with Gasteiger partial charge in [-0.3, -0.25) is 0 Å². The van der Waals surface area contributed by atoms with E-state index in [1.807, 2.05) is 24.0 Å². The molecular formula is C12H18N2S. The van der Waals surface area contributed by atoms with E-state index in [1.165, 1.54) is 30.6 Å². The molecule has 0 aliphatic heterocycles. The lowest BCUT2D eigenvalue weighted by atomic mass is 9.91. The van der Waals surface area contributed by atoms with Crippen LogP contribution in [-0.2, 0) is 0 Å². The van der Waals surface area contributed by atoms with Gasteiger partial charge in [-0.05, 0) is 30.9 Å². The summed E-state index contributed by atoms with van der Waals surface area (Å²) in [5, 5.41) is 0.777. The molecule has 0 radical (unpaired) electrons. The Morgan fingerprint density at radius 1 is 1.40 bits per heavy atom. The summed E-state index contributed by atoms with van der Waals surface area (Å²) in [6.07, 6.45) is 7.35. The van der Waals surface area contributed by atoms with Crippen LogP contribution in [0.25, 0.3) is 0 Å². The number of nitrogens with two attached hydrogens (primary N) is 1. The van der Waals surface area contributed by atoms with Gasteiger partial charge >= 0.3 is 0 Å². The monoisotopic (exact) mass is 222 g/mol. The third kappa shape index (κ3) is 3.13. The molecule has 2 atom stereocenters. The van der Waals surface area contributed by atoms with Crippen molar-refractivity contribution in [3.8, 4) is 0 Å². The van der Waals surface area contributed by atoms with E-state index in [0.29, 0.717) is 5.82 Å². The van der Waals surface area contributed by atoms with E-state index in [1.54, 1.807) is 0 Å². The van der Waals surface area contributed by atoms with Crippen LogP contribution in [0.1, 0.15) is 32.6 Å². The highest BCUT2D eigenvalue weighted by Crippen LogP contribution is 2.35. The summed E-state index contributed by atoms with van der Waals surface area (Å²) in [5.74, 6) is 1.49. The fraction of sp³-hybridized carbons (Fsp3) is 0.583. The Balaban J connectivity index is 1.93. The highest BCUT2D eigenvalue weighted by atomic mass is 32.2. The summed E-state index contributed by atoms with van der Waals surface area (Å²) in [7, 11) is 0. The number of thioether (sulfide) groups is 1. The van der Waals surface area contributed by atoms with Gasteiger partial charge in [-0.1, -0.05) is 19.8 Å². The number of nitrogens with zero attached hydrogens (tertiary/aromatic N) is 1. The topological polar surface area (TPSA) is 38.9 Å². The molecule has 0 bridgehead atoms. The van der Waals surface area contributed by atoms with E-state index in [0.717, 1.165) is 11.2 Å². The molecule has 0 aromatic carbocycles. The summed E-state index contributed by atoms with van der Waals surface area (Å²) < 4.78 is 0. The first-order valence-corrected chi connectivity index (χ1v) is 6.50. The minimum absolute atomic E-state index is 0.608. The molecule has 82 valence electrons. The van der Waals surface area contributed by atoms with Crippen molar-refractivity contribution >= 4 is 17.6 Å². The Morgan fingerprint density at radius 3 is 2.93 bits per heavy atom. The molecule has 2 N–H and O–H groups in total. The van der Waals surface area contributed by atoms with Crippen LogP contribution in [0.15, 0.2) is 23.2 Å². The zero-order valence-corrected chi connectivity index (χ0v) is 9.96. The van der Waals surface area contributed by atoms with Crippen LogP contribution >= 0.6 is 11.8 Å². The maximum Gasteiger partial charge on any atom is 0.123 e. The van der Waals surface area contributed by atoms with Crippen molar-refractivity contribution in [3.63, 3.8) is 0 Å². The van der Waals surface area contributed by atoms with Gasteiger partial charge in [0, 0.05) is 16.3 Å². The molecular weight excluding hydrogens is 204 g/mol. The highest BCUT2D eigenvalue weighted by molar-refractivity contribution is 8.00. The quantitative estimate of drug-likeness (QED) is 0.834. The van der Waals surface area contributed by atoms with Crippen LogP contribution < -0.4 is 5.73 Å². The third-order valence-electron chi connectivity index (χ3n) is 2.95. The predicted octanol–water partition coefficient (Wildman–Crippen LogP) is 3.33. The van der Waals surface area contributed by atoms with Gasteiger partial charge in [0.1, 0.15) is 5.82 Å². The van der Waals surface area contributed by atoms with Gasteiger partial charge in [0.05, 0.1) is 0 Å². The molecule has 0 amide bonds. The number of nitrogen functional groups attached to an aromatic ring is 1. The summed E-state index contributed by atoms with van der Waals surface area (Å²) >= 11 is 1.96. The zero-order valence-electron chi connectivity index (χ0n) is 9.15. The first-order valence-electron chi connectivity index (χ1n) is 5.62. The van der Waals surface area contributed by atoms with E-state index in [2.05, 4.69) is 18.0 Å². The minimum atomic E-state index is 0.608. The predicted molar refractivity (Wildman–Crippen MR) is 65.9 cm³/mol. The standard InChI is InChI=1S/C12H18N2S/c1-9-3-2-4-10(7-9)15-11-5-6-12(13)14-8-11/h5-6,8-10H,2-4,7H2,1H3,(H2,13,14). The lowest BCUT2D eigenvalue weighted by Gasteiger charge is -2.25. The summed E-state index contributed by atoms with van der Waals surface area (Å²) in [6.45, 7) is 2.36. The van der Waals surface area contributed by atoms with Crippen LogP contribution in [0.4, 0.5) is 5.82 Å². The molecule has 1 aromatic rings. The number of rotatable bonds is 2. The second-order valence-electron chi connectivity index (χ2n) is 4.43. The average molecular weight is 222 g/mol. The van der Waals surface area contributed by atoms with Crippen LogP contribution in [0.2, 0.25) is 0 Å². The van der Waals surface area contributed by atoms with Crippen molar-refractivity contribution in [3.05, 3.63) is 18.3 Å². The molecule has 15 heavy (non-hydrogen) atoms. The molecule has 1 heterocycles. The molecule has 0 spiro atoms. The average Bonchev–Trinajstić information content (AvgIpc) is 2.22. The van der Waals surface area contributed by atoms with E-state index in [4.69, 9.17) is 5.73 Å². The number of hydrogen-bond acceptors (Lipinski definition) is 3. The molecule has 1 aliphatic rings. The van der Waals surface area contributed by atoms with Gasteiger partial charge in [0.2, 0.25) is 0 Å². The Bertz CT molecular complexity index is 310. The second-order valence-corrected chi connectivity index (χ2v) is 5.80. The fourth-order valence-electron chi connectivity index (χ4n) is 2.14. The van der Waals surface area contributed by atoms with Crippen molar-refractivity contribution < 1.29 is 0 Å². The fourth-order valence-corrected chi connectivity index (χ4v) is 3.49. The van der Waals surface area contributed by atoms with Gasteiger partial charge in [-0.2, -0.15) is 0 Å². The Labute approximate surface area is 95.7 Å². The SMILES string of the molecule is CC1CCCC(Sc2ccc(N)nc2)C1. The first-order chi connectivity index (χ1) is 7.24. The molecule has 3 heteroatoms. The second kappa shape index (κ2) is 4.88. The van der Waals surface area contributed by atoms with Gasteiger partial charge in [0.25, 0.3) is 0 Å². The molecule has 1 saturated carbocycles. The van der Waals surface area contributed by atoms with Gasteiger partial charge in [0.15, 0.2) is 0 Å². The van der Waals surface area contributed by atoms with Crippen LogP contribution in [0.3, 0.4) is 0 Å². The number of aromatic nitrogens is 1. The zero-order chi connectivity index (χ0) is 10.7. The molecule has 2 nitrogen and oxygen atoms in total. The molecule has 2 unspecified atom stereocenters. The smallest absolute Gasteiger partial charge is 0.123 e. The van der Waals surface area contributed by atoms with E-state index in [-0.39, 0.29) is 0 Å². The van der Waals surface area contributed by atoms with E-state index in [9.17, 15) is 0 Å². The minimum Gasteiger partial charge on any atom is -0.384 e. The Kier molecular flexibility index (Phi) is 3.52. The van der Waals surface area contributed by atoms with Crippen molar-refractivity contribution in [1.29, 1.82) is 0 Å². The first kappa shape index (κ1) is 10.8. The van der Waals surface area contributed by atoms with E-state index < -0.39 is 0 Å². The van der Waals surface area contributed by atoms with Crippen molar-refractivity contribution in [2.45, 2.75) is 42.8 Å². The highest BCUT2D eigenvalue weighted by Gasteiger charge is 2.19. The van der Waals surface area contributed by atoms with Crippen molar-refractivity contribution in [2.75, 3.05) is 5.73 Å². The van der Waals surface area contributed by atoms with Gasteiger partial charge < -0.3 is 5.73 Å². The summed E-state index contributed by atoms with van der Waals surface area (Å²) in [6, 6.07) is 3.96. The van der Waals surface area contributed by atoms with Gasteiger partial charge in [-0.15, -0.1) is 11.8 Å². The van der Waals surface area contributed by atoms with Crippen molar-refractivity contribution in [2.24, 2.45) is 5.92 Å². The lowest BCUT2D eigenvalue weighted by Crippen LogP contribution is -2.14. The molecule has 0 saturated heterocycles. The number of hydrogen-bond donors (Lipinski definition) is 1. The third-order valence-corrected chi connectivity index (χ3v) is 4.23. The molecule has 1 aromatic heterocycles. The molecule has 1 fully saturated rings. The van der Waals surface area contributed by atoms with Crippen LogP contribution in [0.5, 0.6) is 0 Å². The maximum absolute atomic E-state index is 5.56. The number of anilines is 1. The molecule has 2 rings (SSSR count). The van der Waals surface area contributed by atoms with Crippen LogP contribution in [-0.4, -0.2) is 10.2 Å². The van der Waals surface area contributed by atoms with Gasteiger partial charge in [-0.25, -0.2) is 4.98 Å². The van der Waals surface area contributed by atoms with E-state index >= 15 is 0 Å². The number of pyridine rings is 1. The molecule has 1 aliphatic carbocycles. The van der Waals surface area contributed by atoms with Crippen LogP contribution in [0, 0.1) is 5.92 Å². The summed E-state index contributed by atoms with van der Waals surface area (Å²) in [5.41, 5.74) is 5.56. The maximum atomic E-state index is 5.56. The summed E-state index contributed by atoms with van der Waals surface area (Å²) in [4.78, 5) is 5.37.